The summed E-state index contributed by atoms with van der Waals surface area (Å²) in [5, 5.41) is 0. The molecule has 0 spiro atoms. The number of alkyl halides is 2. The minimum absolute atomic E-state index is 0.373. The fourth-order valence-corrected chi connectivity index (χ4v) is 4.36. The third-order valence-corrected chi connectivity index (χ3v) is 3.33. The van der Waals surface area contributed by atoms with E-state index in [-0.39, 0.29) is 0 Å². The number of rotatable bonds is 5. The molecule has 0 bridgehead atoms. The normalized spacial score (nSPS) is 16.5. The molecule has 0 nitrogen and oxygen atoms in total. The van der Waals surface area contributed by atoms with Crippen LogP contribution in [0.1, 0.15) is 60.8 Å². The van der Waals surface area contributed by atoms with Gasteiger partial charge in [0.1, 0.15) is 0 Å². The molecule has 1 atom stereocenters. The van der Waals surface area contributed by atoms with Crippen LogP contribution in [0, 0.1) is 16.7 Å². The summed E-state index contributed by atoms with van der Waals surface area (Å²) in [6.45, 7) is 13.9. The molecule has 0 aliphatic heterocycles. The molecule has 0 N–H and O–H groups in total. The van der Waals surface area contributed by atoms with Crippen molar-refractivity contribution in [3.05, 3.63) is 0 Å². The van der Waals surface area contributed by atoms with E-state index in [1.54, 1.807) is 0 Å². The highest BCUT2D eigenvalue weighted by molar-refractivity contribution is 6.65. The summed E-state index contributed by atoms with van der Waals surface area (Å²) in [5.41, 5.74) is 0.765. The van der Waals surface area contributed by atoms with Crippen LogP contribution in [0.5, 0.6) is 0 Å². The third-order valence-electron chi connectivity index (χ3n) is 2.62. The van der Waals surface area contributed by atoms with Gasteiger partial charge in [-0.25, -0.2) is 0 Å². The zero-order valence-electron chi connectivity index (χ0n) is 12.0. The molecule has 0 aliphatic carbocycles. The summed E-state index contributed by atoms with van der Waals surface area (Å²) in [7, 11) is 0.841. The topological polar surface area (TPSA) is 0 Å². The Morgan fingerprint density at radius 3 is 1.75 bits per heavy atom. The van der Waals surface area contributed by atoms with Gasteiger partial charge in [-0.2, -0.15) is 0 Å². The Kier molecular flexibility index (Phi) is 5.91. The molecule has 3 heteroatoms. The van der Waals surface area contributed by atoms with Gasteiger partial charge in [-0.05, 0) is 36.0 Å². The van der Waals surface area contributed by atoms with Gasteiger partial charge in [0.05, 0.1) is 3.96 Å². The fourth-order valence-electron chi connectivity index (χ4n) is 3.14. The number of hydrogen-bond acceptors (Lipinski definition) is 0. The molecule has 0 amide bonds. The van der Waals surface area contributed by atoms with E-state index in [1.165, 1.54) is 12.8 Å². The number of halogens is 2. The van der Waals surface area contributed by atoms with Crippen molar-refractivity contribution < 1.29 is 0 Å². The van der Waals surface area contributed by atoms with Gasteiger partial charge >= 0.3 is 0 Å². The second kappa shape index (κ2) is 5.62. The summed E-state index contributed by atoms with van der Waals surface area (Å²) >= 11 is 12.2. The highest BCUT2D eigenvalue weighted by atomic mass is 35.5. The van der Waals surface area contributed by atoms with Crippen LogP contribution in [-0.2, 0) is 0 Å². The quantitative estimate of drug-likeness (QED) is 0.519. The van der Waals surface area contributed by atoms with Crippen molar-refractivity contribution in [2.75, 3.05) is 0 Å². The zero-order valence-corrected chi connectivity index (χ0v) is 15.5. The zero-order chi connectivity index (χ0) is 13.2. The van der Waals surface area contributed by atoms with Crippen molar-refractivity contribution >= 4 is 33.4 Å². The maximum atomic E-state index is 6.12. The van der Waals surface area contributed by atoms with Crippen LogP contribution in [0.3, 0.4) is 0 Å². The Labute approximate surface area is 115 Å². The molecule has 0 saturated heterocycles. The molecule has 0 aliphatic rings. The van der Waals surface area contributed by atoms with Gasteiger partial charge in [-0.3, -0.25) is 0 Å². The monoisotopic (exact) mass is 282 g/mol. The fraction of sp³-hybridized carbons (Fsp3) is 1.00. The Bertz CT molecular complexity index is 211. The molecule has 98 valence electrons. The van der Waals surface area contributed by atoms with E-state index in [0.717, 1.165) is 16.7 Å². The van der Waals surface area contributed by atoms with Crippen molar-refractivity contribution in [3.8, 4) is 0 Å². The van der Waals surface area contributed by atoms with Crippen LogP contribution < -0.4 is 0 Å². The first-order valence-corrected chi connectivity index (χ1v) is 7.94. The van der Waals surface area contributed by atoms with Gasteiger partial charge in [-0.1, -0.05) is 41.5 Å². The first-order chi connectivity index (χ1) is 6.81. The highest BCUT2D eigenvalue weighted by Crippen LogP contribution is 2.40. The molecular weight excluding hydrogens is 255 g/mol. The Hall–Kier alpha value is 0.797. The van der Waals surface area contributed by atoms with Crippen molar-refractivity contribution in [2.24, 2.45) is 16.7 Å². The lowest BCUT2D eigenvalue weighted by Gasteiger charge is -2.35. The van der Waals surface area contributed by atoms with Gasteiger partial charge in [0.2, 0.25) is 0 Å². The molecular formula is C13H28Cl2Si. The maximum absolute atomic E-state index is 6.12. The molecule has 0 aromatic heterocycles. The molecule has 0 heterocycles. The molecule has 0 aromatic rings. The van der Waals surface area contributed by atoms with E-state index in [4.69, 9.17) is 23.2 Å². The van der Waals surface area contributed by atoms with Crippen molar-refractivity contribution in [2.45, 2.75) is 64.8 Å². The minimum atomic E-state index is -0.447. The molecule has 0 fully saturated rings. The lowest BCUT2D eigenvalue weighted by Crippen LogP contribution is -2.25. The molecule has 0 radical (unpaired) electrons. The van der Waals surface area contributed by atoms with Crippen molar-refractivity contribution in [1.29, 1.82) is 0 Å². The van der Waals surface area contributed by atoms with Crippen LogP contribution in [0.15, 0.2) is 0 Å². The maximum Gasteiger partial charge on any atom is 0.0975 e. The lowest BCUT2D eigenvalue weighted by molar-refractivity contribution is 0.172. The summed E-state index contributed by atoms with van der Waals surface area (Å²) in [6.07, 6.45) is 3.37. The lowest BCUT2D eigenvalue weighted by atomic mass is 9.72. The Balaban J connectivity index is 4.26. The predicted octanol–water partition coefficient (Wildman–Crippen LogP) is 4.36. The summed E-state index contributed by atoms with van der Waals surface area (Å²) in [6, 6.07) is 0. The molecule has 0 aromatic carbocycles. The minimum Gasteiger partial charge on any atom is -0.107 e. The summed E-state index contributed by atoms with van der Waals surface area (Å²) in [5.74, 6) is 0.602. The van der Waals surface area contributed by atoms with Crippen LogP contribution in [0.2, 0.25) is 0 Å². The molecule has 16 heavy (non-hydrogen) atoms. The van der Waals surface area contributed by atoms with Crippen molar-refractivity contribution in [3.63, 3.8) is 0 Å². The van der Waals surface area contributed by atoms with Gasteiger partial charge < -0.3 is 0 Å². The summed E-state index contributed by atoms with van der Waals surface area (Å²) in [4.78, 5) is 0. The van der Waals surface area contributed by atoms with Gasteiger partial charge in [0.15, 0.2) is 0 Å². The van der Waals surface area contributed by atoms with E-state index in [0.29, 0.717) is 16.7 Å². The van der Waals surface area contributed by atoms with Gasteiger partial charge in [-0.15, -0.1) is 23.2 Å². The second-order valence-electron chi connectivity index (χ2n) is 7.49. The Morgan fingerprint density at radius 1 is 1.00 bits per heavy atom. The standard InChI is InChI=1S/C13H28Cl2Si/c1-10(8-13(14,15)16)7-12(5,6)9-11(2,3)4/h10H,7-9H2,1-6,16H3. The largest absolute Gasteiger partial charge is 0.107 e. The van der Waals surface area contributed by atoms with E-state index < -0.39 is 3.96 Å². The van der Waals surface area contributed by atoms with E-state index in [1.807, 2.05) is 0 Å². The van der Waals surface area contributed by atoms with Crippen LogP contribution in [0.25, 0.3) is 0 Å². The Morgan fingerprint density at radius 2 is 1.44 bits per heavy atom. The smallest absolute Gasteiger partial charge is 0.0975 e. The van der Waals surface area contributed by atoms with Gasteiger partial charge in [0.25, 0.3) is 0 Å². The average Bonchev–Trinajstić information content (AvgIpc) is 1.70. The third kappa shape index (κ3) is 9.98. The molecule has 0 rings (SSSR count). The second-order valence-corrected chi connectivity index (χ2v) is 12.3. The SMILES string of the molecule is CC(CC([SiH3])(Cl)Cl)CC(C)(C)CC(C)(C)C. The van der Waals surface area contributed by atoms with Gasteiger partial charge in [0, 0.05) is 10.2 Å². The van der Waals surface area contributed by atoms with E-state index in [2.05, 4.69) is 41.5 Å². The summed E-state index contributed by atoms with van der Waals surface area (Å²) < 4.78 is -0.447. The predicted molar refractivity (Wildman–Crippen MR) is 80.6 cm³/mol. The number of hydrogen-bond donors (Lipinski definition) is 0. The highest BCUT2D eigenvalue weighted by Gasteiger charge is 2.29. The van der Waals surface area contributed by atoms with Crippen molar-refractivity contribution in [1.82, 2.24) is 0 Å². The van der Waals surface area contributed by atoms with Crippen LogP contribution in [0.4, 0.5) is 0 Å². The van der Waals surface area contributed by atoms with E-state index in [9.17, 15) is 0 Å². The average molecular weight is 283 g/mol. The van der Waals surface area contributed by atoms with Crippen LogP contribution in [-0.4, -0.2) is 14.2 Å². The van der Waals surface area contributed by atoms with E-state index >= 15 is 0 Å². The van der Waals surface area contributed by atoms with Crippen LogP contribution >= 0.6 is 23.2 Å². The molecule has 1 unspecified atom stereocenters. The first kappa shape index (κ1) is 16.8. The first-order valence-electron chi connectivity index (χ1n) is 6.19. The molecule has 0 saturated carbocycles.